The first kappa shape index (κ1) is 12.5. The highest BCUT2D eigenvalue weighted by atomic mass is 79.9. The summed E-state index contributed by atoms with van der Waals surface area (Å²) < 4.78 is 1.15. The Morgan fingerprint density at radius 1 is 1.40 bits per heavy atom. The van der Waals surface area contributed by atoms with Crippen LogP contribution in [0.15, 0.2) is 22.7 Å². The van der Waals surface area contributed by atoms with Crippen LogP contribution < -0.4 is 10.2 Å². The molecule has 1 aromatic rings. The van der Waals surface area contributed by atoms with E-state index in [9.17, 15) is 0 Å². The molecule has 1 N–H and O–H groups in total. The zero-order chi connectivity index (χ0) is 11.4. The number of hydrogen-bond donors (Lipinski definition) is 1. The lowest BCUT2D eigenvalue weighted by molar-refractivity contribution is 0.598. The smallest absolute Gasteiger partial charge is 0.0505 e. The highest BCUT2D eigenvalue weighted by Crippen LogP contribution is 2.27. The molecule has 1 atom stereocenters. The Hall–Kier alpha value is -0.540. The molecule has 0 heterocycles. The summed E-state index contributed by atoms with van der Waals surface area (Å²) in [6, 6.07) is 6.91. The van der Waals surface area contributed by atoms with Crippen molar-refractivity contribution in [3.05, 3.63) is 28.2 Å². The molecule has 0 fully saturated rings. The Morgan fingerprint density at radius 2 is 2.07 bits per heavy atom. The highest BCUT2D eigenvalue weighted by molar-refractivity contribution is 9.10. The van der Waals surface area contributed by atoms with E-state index in [1.165, 1.54) is 11.3 Å². The van der Waals surface area contributed by atoms with Crippen LogP contribution in [0.2, 0.25) is 0 Å². The topological polar surface area (TPSA) is 15.3 Å². The van der Waals surface area contributed by atoms with E-state index in [4.69, 9.17) is 0 Å². The summed E-state index contributed by atoms with van der Waals surface area (Å²) in [5.41, 5.74) is 2.52. The van der Waals surface area contributed by atoms with Crippen molar-refractivity contribution >= 4 is 21.6 Å². The third kappa shape index (κ3) is 3.21. The molecule has 1 rings (SSSR count). The van der Waals surface area contributed by atoms with Gasteiger partial charge in [0.2, 0.25) is 0 Å². The predicted octanol–water partition coefficient (Wildman–Crippen LogP) is 3.19. The van der Waals surface area contributed by atoms with Crippen LogP contribution in [0.5, 0.6) is 0 Å². The Morgan fingerprint density at radius 3 is 2.53 bits per heavy atom. The number of hydrogen-bond acceptors (Lipinski definition) is 2. The van der Waals surface area contributed by atoms with Gasteiger partial charge in [-0.3, -0.25) is 0 Å². The van der Waals surface area contributed by atoms with Crippen LogP contribution in [0.1, 0.15) is 25.5 Å². The molecule has 0 spiro atoms. The zero-order valence-electron chi connectivity index (χ0n) is 9.84. The molecule has 0 saturated heterocycles. The lowest BCUT2D eigenvalue weighted by Gasteiger charge is -2.18. The summed E-state index contributed by atoms with van der Waals surface area (Å²) in [4.78, 5) is 2.10. The van der Waals surface area contributed by atoms with Gasteiger partial charge in [0.1, 0.15) is 0 Å². The van der Waals surface area contributed by atoms with Gasteiger partial charge in [0.05, 0.1) is 5.69 Å². The van der Waals surface area contributed by atoms with Crippen molar-refractivity contribution in [3.8, 4) is 0 Å². The van der Waals surface area contributed by atoms with Crippen molar-refractivity contribution in [1.82, 2.24) is 5.32 Å². The number of nitrogens with one attached hydrogen (secondary N) is 1. The second-order valence-electron chi connectivity index (χ2n) is 3.88. The molecule has 84 valence electrons. The molecule has 0 aliphatic rings. The molecule has 0 saturated carbocycles. The van der Waals surface area contributed by atoms with Gasteiger partial charge in [-0.15, -0.1) is 0 Å². The quantitative estimate of drug-likeness (QED) is 0.904. The first-order valence-electron chi connectivity index (χ1n) is 5.26. The maximum Gasteiger partial charge on any atom is 0.0505 e. The summed E-state index contributed by atoms with van der Waals surface area (Å²) in [5.74, 6) is 0. The highest BCUT2D eigenvalue weighted by Gasteiger charge is 2.07. The number of nitrogens with zero attached hydrogens (tertiary/aromatic N) is 1. The Labute approximate surface area is 101 Å². The minimum absolute atomic E-state index is 0.405. The van der Waals surface area contributed by atoms with E-state index in [2.05, 4.69) is 58.2 Å². The van der Waals surface area contributed by atoms with Gasteiger partial charge in [0.15, 0.2) is 0 Å². The van der Waals surface area contributed by atoms with Gasteiger partial charge in [0, 0.05) is 24.6 Å². The van der Waals surface area contributed by atoms with E-state index < -0.39 is 0 Å². The molecule has 1 aromatic carbocycles. The van der Waals surface area contributed by atoms with Gasteiger partial charge in [-0.1, -0.05) is 13.0 Å². The second kappa shape index (κ2) is 5.52. The van der Waals surface area contributed by atoms with Crippen molar-refractivity contribution in [3.63, 3.8) is 0 Å². The average molecular weight is 271 g/mol. The van der Waals surface area contributed by atoms with E-state index in [0.717, 1.165) is 11.0 Å². The van der Waals surface area contributed by atoms with Crippen LogP contribution in [-0.4, -0.2) is 20.6 Å². The number of anilines is 1. The Kier molecular flexibility index (Phi) is 4.61. The van der Waals surface area contributed by atoms with Crippen LogP contribution in [0.25, 0.3) is 0 Å². The van der Waals surface area contributed by atoms with Crippen LogP contribution >= 0.6 is 15.9 Å². The molecule has 0 aromatic heterocycles. The summed E-state index contributed by atoms with van der Waals surface area (Å²) >= 11 is 3.60. The second-order valence-corrected chi connectivity index (χ2v) is 4.74. The third-order valence-corrected chi connectivity index (χ3v) is 3.10. The van der Waals surface area contributed by atoms with Crippen molar-refractivity contribution in [2.75, 3.05) is 25.5 Å². The van der Waals surface area contributed by atoms with Gasteiger partial charge in [-0.25, -0.2) is 0 Å². The average Bonchev–Trinajstić information content (AvgIpc) is 2.17. The normalized spacial score (nSPS) is 12.6. The molecule has 0 amide bonds. The molecular weight excluding hydrogens is 252 g/mol. The van der Waals surface area contributed by atoms with Crippen molar-refractivity contribution in [1.29, 1.82) is 0 Å². The molecule has 3 heteroatoms. The minimum Gasteiger partial charge on any atom is -0.377 e. The van der Waals surface area contributed by atoms with Gasteiger partial charge in [-0.05, 0) is 47.1 Å². The van der Waals surface area contributed by atoms with Crippen molar-refractivity contribution < 1.29 is 0 Å². The molecule has 0 bridgehead atoms. The number of halogens is 1. The monoisotopic (exact) mass is 270 g/mol. The van der Waals surface area contributed by atoms with Gasteiger partial charge >= 0.3 is 0 Å². The molecule has 1 unspecified atom stereocenters. The first-order valence-corrected chi connectivity index (χ1v) is 6.05. The fraction of sp³-hybridized carbons (Fsp3) is 0.500. The lowest BCUT2D eigenvalue weighted by Crippen LogP contribution is -2.18. The molecule has 0 aliphatic carbocycles. The molecule has 2 nitrogen and oxygen atoms in total. The van der Waals surface area contributed by atoms with Crippen molar-refractivity contribution in [2.24, 2.45) is 0 Å². The third-order valence-electron chi connectivity index (χ3n) is 2.46. The van der Waals surface area contributed by atoms with Crippen LogP contribution in [0.3, 0.4) is 0 Å². The standard InChI is InChI=1S/C12H19BrN2/c1-5-14-9(2)10-6-7-12(15(3)4)11(13)8-10/h6-9,14H,5H2,1-4H3. The zero-order valence-corrected chi connectivity index (χ0v) is 11.4. The predicted molar refractivity (Wildman–Crippen MR) is 70.6 cm³/mol. The van der Waals surface area contributed by atoms with E-state index in [0.29, 0.717) is 6.04 Å². The maximum atomic E-state index is 3.60. The summed E-state index contributed by atoms with van der Waals surface area (Å²) in [6.45, 7) is 5.30. The first-order chi connectivity index (χ1) is 7.06. The van der Waals surface area contributed by atoms with Crippen molar-refractivity contribution in [2.45, 2.75) is 19.9 Å². The molecule has 0 radical (unpaired) electrons. The Bertz CT molecular complexity index is 323. The van der Waals surface area contributed by atoms with E-state index in [1.807, 2.05) is 14.1 Å². The fourth-order valence-corrected chi connectivity index (χ4v) is 2.33. The number of rotatable bonds is 4. The van der Waals surface area contributed by atoms with Crippen LogP contribution in [0, 0.1) is 0 Å². The van der Waals surface area contributed by atoms with Gasteiger partial charge < -0.3 is 10.2 Å². The lowest BCUT2D eigenvalue weighted by atomic mass is 10.1. The summed E-state index contributed by atoms with van der Waals surface area (Å²) in [5, 5.41) is 3.40. The summed E-state index contributed by atoms with van der Waals surface area (Å²) in [6.07, 6.45) is 0. The minimum atomic E-state index is 0.405. The maximum absolute atomic E-state index is 3.60. The van der Waals surface area contributed by atoms with E-state index in [-0.39, 0.29) is 0 Å². The van der Waals surface area contributed by atoms with Gasteiger partial charge in [-0.2, -0.15) is 0 Å². The van der Waals surface area contributed by atoms with Crippen LogP contribution in [-0.2, 0) is 0 Å². The number of benzene rings is 1. The fourth-order valence-electron chi connectivity index (χ4n) is 1.58. The molecule has 15 heavy (non-hydrogen) atoms. The summed E-state index contributed by atoms with van der Waals surface area (Å²) in [7, 11) is 4.10. The molecular formula is C12H19BrN2. The van der Waals surface area contributed by atoms with E-state index in [1.54, 1.807) is 0 Å². The van der Waals surface area contributed by atoms with E-state index >= 15 is 0 Å². The van der Waals surface area contributed by atoms with Gasteiger partial charge in [0.25, 0.3) is 0 Å². The Balaban J connectivity index is 2.91. The van der Waals surface area contributed by atoms with Crippen LogP contribution in [0.4, 0.5) is 5.69 Å². The SMILES string of the molecule is CCNC(C)c1ccc(N(C)C)c(Br)c1. The molecule has 0 aliphatic heterocycles. The largest absolute Gasteiger partial charge is 0.377 e.